The van der Waals surface area contributed by atoms with Crippen molar-refractivity contribution in [3.05, 3.63) is 5.82 Å². The lowest BCUT2D eigenvalue weighted by molar-refractivity contribution is 0.124. The van der Waals surface area contributed by atoms with Crippen LogP contribution in [0, 0.1) is 12.8 Å². The van der Waals surface area contributed by atoms with Gasteiger partial charge < -0.3 is 10.1 Å². The molecule has 1 N–H and O–H groups in total. The number of hydrogen-bond acceptors (Lipinski definition) is 5. The molecule has 0 spiro atoms. The fourth-order valence-corrected chi connectivity index (χ4v) is 1.87. The minimum atomic E-state index is 0.840. The molecule has 0 bridgehead atoms. The minimum Gasteiger partial charge on any atom is -0.381 e. The topological polar surface area (TPSA) is 47.0 Å². The number of hydrogen-bond donors (Lipinski definition) is 1. The number of aromatic nitrogens is 2. The van der Waals surface area contributed by atoms with Crippen LogP contribution in [-0.2, 0) is 4.74 Å². The monoisotopic (exact) mass is 227 g/mol. The quantitative estimate of drug-likeness (QED) is 0.724. The molecule has 4 nitrogen and oxygen atoms in total. The smallest absolute Gasteiger partial charge is 0.202 e. The van der Waals surface area contributed by atoms with Gasteiger partial charge in [-0.05, 0) is 32.1 Å². The molecular weight excluding hydrogens is 210 g/mol. The molecule has 1 aromatic heterocycles. The van der Waals surface area contributed by atoms with Gasteiger partial charge in [-0.1, -0.05) is 0 Å². The highest BCUT2D eigenvalue weighted by molar-refractivity contribution is 7.09. The summed E-state index contributed by atoms with van der Waals surface area (Å²) in [5.74, 6) is 1.70. The zero-order valence-corrected chi connectivity index (χ0v) is 9.85. The average molecular weight is 227 g/mol. The van der Waals surface area contributed by atoms with E-state index in [0.29, 0.717) is 0 Å². The van der Waals surface area contributed by atoms with Crippen LogP contribution in [0.5, 0.6) is 0 Å². The molecule has 0 atom stereocenters. The summed E-state index contributed by atoms with van der Waals surface area (Å²) in [6.45, 7) is 4.62. The number of anilines is 1. The van der Waals surface area contributed by atoms with Crippen molar-refractivity contribution in [2.75, 3.05) is 25.1 Å². The van der Waals surface area contributed by atoms with Crippen molar-refractivity contribution in [1.29, 1.82) is 0 Å². The summed E-state index contributed by atoms with van der Waals surface area (Å²) in [7, 11) is 0. The fourth-order valence-electron chi connectivity index (χ4n) is 1.27. The van der Waals surface area contributed by atoms with Crippen LogP contribution in [0.15, 0.2) is 0 Å². The summed E-state index contributed by atoms with van der Waals surface area (Å²) in [5.41, 5.74) is 0. The third-order valence-corrected chi connectivity index (χ3v) is 3.08. The van der Waals surface area contributed by atoms with Crippen molar-refractivity contribution in [3.63, 3.8) is 0 Å². The molecule has 1 aliphatic rings. The van der Waals surface area contributed by atoms with Gasteiger partial charge in [0.1, 0.15) is 5.82 Å². The van der Waals surface area contributed by atoms with Gasteiger partial charge in [-0.2, -0.15) is 4.37 Å². The number of nitrogens with zero attached hydrogens (tertiary/aromatic N) is 2. The Labute approximate surface area is 94.2 Å². The molecule has 1 saturated carbocycles. The summed E-state index contributed by atoms with van der Waals surface area (Å²) in [4.78, 5) is 4.22. The first kappa shape index (κ1) is 10.8. The van der Waals surface area contributed by atoms with Crippen LogP contribution in [0.1, 0.15) is 25.1 Å². The Bertz CT molecular complexity index is 299. The zero-order valence-electron chi connectivity index (χ0n) is 9.03. The van der Waals surface area contributed by atoms with Gasteiger partial charge in [-0.25, -0.2) is 4.98 Å². The van der Waals surface area contributed by atoms with E-state index in [9.17, 15) is 0 Å². The molecule has 2 rings (SSSR count). The van der Waals surface area contributed by atoms with Crippen LogP contribution in [0.4, 0.5) is 5.13 Å². The number of nitrogens with one attached hydrogen (secondary N) is 1. The molecule has 0 amide bonds. The molecule has 0 aliphatic heterocycles. The minimum absolute atomic E-state index is 0.840. The van der Waals surface area contributed by atoms with E-state index in [0.717, 1.165) is 43.1 Å². The molecule has 84 valence electrons. The highest BCUT2D eigenvalue weighted by Crippen LogP contribution is 2.28. The van der Waals surface area contributed by atoms with Crippen LogP contribution < -0.4 is 5.32 Å². The van der Waals surface area contributed by atoms with Gasteiger partial charge in [0.2, 0.25) is 5.13 Å². The third kappa shape index (κ3) is 4.13. The SMILES string of the molecule is Cc1nsc(NCCCOCC2CC2)n1. The number of rotatable bonds is 7. The standard InChI is InChI=1S/C10H17N3OS/c1-8-12-10(15-13-8)11-5-2-6-14-7-9-3-4-9/h9H,2-7H2,1H3,(H,11,12,13). The molecule has 1 heterocycles. The van der Waals surface area contributed by atoms with E-state index in [1.54, 1.807) is 0 Å². The van der Waals surface area contributed by atoms with E-state index < -0.39 is 0 Å². The predicted octanol–water partition coefficient (Wildman–Crippen LogP) is 2.08. The molecule has 1 aliphatic carbocycles. The second-order valence-corrected chi connectivity index (χ2v) is 4.70. The van der Waals surface area contributed by atoms with Crippen molar-refractivity contribution >= 4 is 16.7 Å². The average Bonchev–Trinajstić information content (AvgIpc) is 2.95. The number of ether oxygens (including phenoxy) is 1. The molecule has 5 heteroatoms. The van der Waals surface area contributed by atoms with Crippen LogP contribution in [0.25, 0.3) is 0 Å². The second-order valence-electron chi connectivity index (χ2n) is 3.95. The Balaban J connectivity index is 1.47. The molecule has 0 aromatic carbocycles. The highest BCUT2D eigenvalue weighted by atomic mass is 32.1. The van der Waals surface area contributed by atoms with Gasteiger partial charge in [0.15, 0.2) is 0 Å². The van der Waals surface area contributed by atoms with Crippen molar-refractivity contribution in [2.45, 2.75) is 26.2 Å². The van der Waals surface area contributed by atoms with Gasteiger partial charge in [0, 0.05) is 31.3 Å². The van der Waals surface area contributed by atoms with Gasteiger partial charge >= 0.3 is 0 Å². The van der Waals surface area contributed by atoms with Gasteiger partial charge in [-0.3, -0.25) is 0 Å². The fraction of sp³-hybridized carbons (Fsp3) is 0.800. The van der Waals surface area contributed by atoms with Crippen molar-refractivity contribution in [1.82, 2.24) is 9.36 Å². The van der Waals surface area contributed by atoms with E-state index in [4.69, 9.17) is 4.74 Å². The van der Waals surface area contributed by atoms with Crippen LogP contribution in [0.2, 0.25) is 0 Å². The van der Waals surface area contributed by atoms with E-state index >= 15 is 0 Å². The predicted molar refractivity (Wildman–Crippen MR) is 61.3 cm³/mol. The summed E-state index contributed by atoms with van der Waals surface area (Å²) in [6, 6.07) is 0. The van der Waals surface area contributed by atoms with Gasteiger partial charge in [0.25, 0.3) is 0 Å². The Morgan fingerprint density at radius 2 is 2.40 bits per heavy atom. The van der Waals surface area contributed by atoms with E-state index in [1.165, 1.54) is 24.4 Å². The van der Waals surface area contributed by atoms with E-state index in [2.05, 4.69) is 14.7 Å². The molecule has 0 radical (unpaired) electrons. The van der Waals surface area contributed by atoms with Gasteiger partial charge in [0.05, 0.1) is 0 Å². The van der Waals surface area contributed by atoms with Crippen molar-refractivity contribution in [2.24, 2.45) is 5.92 Å². The molecular formula is C10H17N3OS. The first-order valence-electron chi connectivity index (χ1n) is 5.46. The summed E-state index contributed by atoms with van der Waals surface area (Å²) in [5, 5.41) is 4.15. The number of aryl methyl sites for hydroxylation is 1. The lowest BCUT2D eigenvalue weighted by atomic mass is 10.4. The highest BCUT2D eigenvalue weighted by Gasteiger charge is 2.20. The Hall–Kier alpha value is -0.680. The lowest BCUT2D eigenvalue weighted by Gasteiger charge is -2.03. The molecule has 1 aromatic rings. The van der Waals surface area contributed by atoms with Crippen LogP contribution >= 0.6 is 11.5 Å². The van der Waals surface area contributed by atoms with Crippen molar-refractivity contribution < 1.29 is 4.74 Å². The molecule has 0 unspecified atom stereocenters. The maximum absolute atomic E-state index is 5.53. The largest absolute Gasteiger partial charge is 0.381 e. The Morgan fingerprint density at radius 3 is 3.07 bits per heavy atom. The first-order chi connectivity index (χ1) is 7.34. The lowest BCUT2D eigenvalue weighted by Crippen LogP contribution is -2.06. The summed E-state index contributed by atoms with van der Waals surface area (Å²) >= 11 is 1.42. The van der Waals surface area contributed by atoms with Crippen LogP contribution in [-0.4, -0.2) is 29.1 Å². The summed E-state index contributed by atoms with van der Waals surface area (Å²) < 4.78 is 9.63. The maximum atomic E-state index is 5.53. The third-order valence-electron chi connectivity index (χ3n) is 2.32. The van der Waals surface area contributed by atoms with E-state index in [1.807, 2.05) is 6.92 Å². The molecule has 0 saturated heterocycles. The maximum Gasteiger partial charge on any atom is 0.202 e. The Morgan fingerprint density at radius 1 is 1.53 bits per heavy atom. The first-order valence-corrected chi connectivity index (χ1v) is 6.24. The Kier molecular flexibility index (Phi) is 3.91. The van der Waals surface area contributed by atoms with Gasteiger partial charge in [-0.15, -0.1) is 0 Å². The summed E-state index contributed by atoms with van der Waals surface area (Å²) in [6.07, 6.45) is 3.76. The second kappa shape index (κ2) is 5.42. The molecule has 1 fully saturated rings. The van der Waals surface area contributed by atoms with Crippen molar-refractivity contribution in [3.8, 4) is 0 Å². The van der Waals surface area contributed by atoms with E-state index in [-0.39, 0.29) is 0 Å². The van der Waals surface area contributed by atoms with Crippen LogP contribution in [0.3, 0.4) is 0 Å². The normalized spacial score (nSPS) is 15.5. The molecule has 15 heavy (non-hydrogen) atoms. The zero-order chi connectivity index (χ0) is 10.5.